The van der Waals surface area contributed by atoms with Gasteiger partial charge >= 0.3 is 0 Å². The molecule has 0 atom stereocenters. The molecule has 0 saturated carbocycles. The second-order valence-corrected chi connectivity index (χ2v) is 8.95. The van der Waals surface area contributed by atoms with Crippen LogP contribution >= 0.6 is 15.9 Å². The van der Waals surface area contributed by atoms with Crippen molar-refractivity contribution in [2.45, 2.75) is 20.5 Å². The average Bonchev–Trinajstić information content (AvgIpc) is 2.85. The third kappa shape index (κ3) is 5.36. The van der Waals surface area contributed by atoms with Gasteiger partial charge in [-0.2, -0.15) is 5.26 Å². The molecule has 34 heavy (non-hydrogen) atoms. The predicted octanol–water partition coefficient (Wildman–Crippen LogP) is 7.34. The molecule has 0 fully saturated rings. The van der Waals surface area contributed by atoms with Crippen LogP contribution in [-0.2, 0) is 11.4 Å². The molecule has 0 heterocycles. The third-order valence-corrected chi connectivity index (χ3v) is 6.18. The summed E-state index contributed by atoms with van der Waals surface area (Å²) in [4.78, 5) is 12.9. The summed E-state index contributed by atoms with van der Waals surface area (Å²) in [6, 6.07) is 27.2. The molecule has 5 heteroatoms. The number of nitrogens with zero attached hydrogens (tertiary/aromatic N) is 1. The van der Waals surface area contributed by atoms with Gasteiger partial charge in [0.2, 0.25) is 0 Å². The molecule has 4 aromatic carbocycles. The predicted molar refractivity (Wildman–Crippen MR) is 141 cm³/mol. The fraction of sp³-hybridized carbons (Fsp3) is 0.103. The monoisotopic (exact) mass is 510 g/mol. The lowest BCUT2D eigenvalue weighted by molar-refractivity contribution is -0.112. The number of aryl methyl sites for hydroxylation is 2. The fourth-order valence-electron chi connectivity index (χ4n) is 3.63. The van der Waals surface area contributed by atoms with Gasteiger partial charge in [0.15, 0.2) is 0 Å². The summed E-state index contributed by atoms with van der Waals surface area (Å²) in [6.45, 7) is 4.54. The van der Waals surface area contributed by atoms with Gasteiger partial charge in [0, 0.05) is 15.7 Å². The zero-order valence-electron chi connectivity index (χ0n) is 18.9. The zero-order chi connectivity index (χ0) is 24.1. The van der Waals surface area contributed by atoms with E-state index < -0.39 is 5.91 Å². The quantitative estimate of drug-likeness (QED) is 0.218. The Hall–Kier alpha value is -3.88. The number of fused-ring (bicyclic) bond motifs is 1. The summed E-state index contributed by atoms with van der Waals surface area (Å²) in [5, 5.41) is 14.5. The summed E-state index contributed by atoms with van der Waals surface area (Å²) >= 11 is 3.38. The van der Waals surface area contributed by atoms with Crippen LogP contribution in [0.5, 0.6) is 5.75 Å². The zero-order valence-corrected chi connectivity index (χ0v) is 20.5. The third-order valence-electron chi connectivity index (χ3n) is 5.65. The molecular weight excluding hydrogens is 488 g/mol. The number of ether oxygens (including phenoxy) is 1. The van der Waals surface area contributed by atoms with Gasteiger partial charge in [-0.3, -0.25) is 4.79 Å². The van der Waals surface area contributed by atoms with E-state index in [0.717, 1.165) is 20.8 Å². The highest BCUT2D eigenvalue weighted by atomic mass is 79.9. The molecular formula is C29H23BrN2O2. The van der Waals surface area contributed by atoms with Crippen LogP contribution < -0.4 is 10.1 Å². The molecule has 0 aliphatic carbocycles. The molecule has 0 aromatic heterocycles. The second-order valence-electron chi connectivity index (χ2n) is 8.04. The maximum absolute atomic E-state index is 12.9. The Balaban J connectivity index is 1.69. The molecule has 0 spiro atoms. The summed E-state index contributed by atoms with van der Waals surface area (Å²) in [6.07, 6.45) is 1.60. The number of hydrogen-bond donors (Lipinski definition) is 1. The second kappa shape index (κ2) is 10.4. The summed E-state index contributed by atoms with van der Waals surface area (Å²) < 4.78 is 7.10. The Morgan fingerprint density at radius 3 is 2.50 bits per heavy atom. The van der Waals surface area contributed by atoms with Crippen molar-refractivity contribution >= 4 is 44.4 Å². The Morgan fingerprint density at radius 2 is 1.76 bits per heavy atom. The lowest BCUT2D eigenvalue weighted by Gasteiger charge is -2.13. The molecule has 4 nitrogen and oxygen atoms in total. The first-order valence-electron chi connectivity index (χ1n) is 10.8. The maximum atomic E-state index is 12.9. The minimum absolute atomic E-state index is 0.00435. The van der Waals surface area contributed by atoms with E-state index in [1.54, 1.807) is 18.2 Å². The number of amides is 1. The molecule has 168 valence electrons. The molecule has 4 rings (SSSR count). The molecule has 1 amide bonds. The van der Waals surface area contributed by atoms with E-state index in [-0.39, 0.29) is 5.57 Å². The summed E-state index contributed by atoms with van der Waals surface area (Å²) in [7, 11) is 0. The van der Waals surface area contributed by atoms with Crippen molar-refractivity contribution in [2.24, 2.45) is 0 Å². The SMILES string of the molecule is Cc1ccc(COc2ccc3ccccc3c2/C=C(\C#N)C(=O)Nc2ccc(Br)cc2)cc1C. The van der Waals surface area contributed by atoms with Crippen LogP contribution in [0, 0.1) is 25.2 Å². The number of anilines is 1. The van der Waals surface area contributed by atoms with Crippen LogP contribution in [-0.4, -0.2) is 5.91 Å². The van der Waals surface area contributed by atoms with Crippen molar-refractivity contribution in [3.05, 3.63) is 111 Å². The van der Waals surface area contributed by atoms with Gasteiger partial charge < -0.3 is 10.1 Å². The minimum atomic E-state index is -0.474. The van der Waals surface area contributed by atoms with E-state index in [0.29, 0.717) is 23.6 Å². The van der Waals surface area contributed by atoms with Gasteiger partial charge in [0.1, 0.15) is 24.0 Å². The standard InChI is InChI=1S/C29H23BrN2O2/c1-19-7-8-21(15-20(19)2)18-34-28-14-9-22-5-3-4-6-26(22)27(28)16-23(17-31)29(33)32-25-12-10-24(30)11-13-25/h3-16H,18H2,1-2H3,(H,32,33)/b23-16+. The van der Waals surface area contributed by atoms with E-state index in [9.17, 15) is 10.1 Å². The van der Waals surface area contributed by atoms with Crippen LogP contribution in [0.4, 0.5) is 5.69 Å². The highest BCUT2D eigenvalue weighted by Gasteiger charge is 2.14. The van der Waals surface area contributed by atoms with Crippen LogP contribution in [0.15, 0.2) is 88.9 Å². The van der Waals surface area contributed by atoms with Crippen LogP contribution in [0.3, 0.4) is 0 Å². The van der Waals surface area contributed by atoms with E-state index in [1.165, 1.54) is 11.1 Å². The van der Waals surface area contributed by atoms with Crippen molar-refractivity contribution in [2.75, 3.05) is 5.32 Å². The smallest absolute Gasteiger partial charge is 0.266 e. The van der Waals surface area contributed by atoms with E-state index in [4.69, 9.17) is 4.74 Å². The molecule has 4 aromatic rings. The van der Waals surface area contributed by atoms with Crippen molar-refractivity contribution in [3.8, 4) is 11.8 Å². The Bertz CT molecular complexity index is 1430. The van der Waals surface area contributed by atoms with E-state index in [2.05, 4.69) is 47.2 Å². The Morgan fingerprint density at radius 1 is 1.00 bits per heavy atom. The van der Waals surface area contributed by atoms with Gasteiger partial charge in [-0.05, 0) is 77.7 Å². The lowest BCUT2D eigenvalue weighted by atomic mass is 10.0. The number of nitriles is 1. The van der Waals surface area contributed by atoms with Crippen molar-refractivity contribution < 1.29 is 9.53 Å². The topological polar surface area (TPSA) is 62.1 Å². The number of halogens is 1. The Labute approximate surface area is 207 Å². The van der Waals surface area contributed by atoms with Gasteiger partial charge in [0.05, 0.1) is 0 Å². The van der Waals surface area contributed by atoms with Crippen molar-refractivity contribution in [3.63, 3.8) is 0 Å². The number of carbonyl (C=O) groups excluding carboxylic acids is 1. The van der Waals surface area contributed by atoms with Gasteiger partial charge in [0.25, 0.3) is 5.91 Å². The molecule has 0 saturated heterocycles. The largest absolute Gasteiger partial charge is 0.488 e. The number of nitrogens with one attached hydrogen (secondary N) is 1. The average molecular weight is 511 g/mol. The maximum Gasteiger partial charge on any atom is 0.266 e. The number of carbonyl (C=O) groups is 1. The first-order valence-corrected chi connectivity index (χ1v) is 11.6. The van der Waals surface area contributed by atoms with E-state index in [1.807, 2.05) is 60.7 Å². The summed E-state index contributed by atoms with van der Waals surface area (Å²) in [5.74, 6) is 0.138. The molecule has 0 unspecified atom stereocenters. The van der Waals surface area contributed by atoms with Crippen LogP contribution in [0.1, 0.15) is 22.3 Å². The van der Waals surface area contributed by atoms with E-state index >= 15 is 0 Å². The van der Waals surface area contributed by atoms with Gasteiger partial charge in [-0.15, -0.1) is 0 Å². The van der Waals surface area contributed by atoms with Gasteiger partial charge in [-0.25, -0.2) is 0 Å². The van der Waals surface area contributed by atoms with Gasteiger partial charge in [-0.1, -0.05) is 64.5 Å². The number of rotatable bonds is 6. The first-order chi connectivity index (χ1) is 16.4. The first kappa shape index (κ1) is 23.3. The van der Waals surface area contributed by atoms with Crippen LogP contribution in [0.2, 0.25) is 0 Å². The normalized spacial score (nSPS) is 11.2. The molecule has 0 aliphatic rings. The molecule has 0 radical (unpaired) electrons. The molecule has 1 N–H and O–H groups in total. The van der Waals surface area contributed by atoms with Crippen molar-refractivity contribution in [1.82, 2.24) is 0 Å². The highest BCUT2D eigenvalue weighted by molar-refractivity contribution is 9.10. The van der Waals surface area contributed by atoms with Crippen LogP contribution in [0.25, 0.3) is 16.8 Å². The fourth-order valence-corrected chi connectivity index (χ4v) is 3.89. The Kier molecular flexibility index (Phi) is 7.10. The minimum Gasteiger partial charge on any atom is -0.488 e. The molecule has 0 aliphatic heterocycles. The van der Waals surface area contributed by atoms with Crippen molar-refractivity contribution in [1.29, 1.82) is 5.26 Å². The lowest BCUT2D eigenvalue weighted by Crippen LogP contribution is -2.13. The number of benzene rings is 4. The highest BCUT2D eigenvalue weighted by Crippen LogP contribution is 2.31. The summed E-state index contributed by atoms with van der Waals surface area (Å²) in [5.41, 5.74) is 4.79. The number of hydrogen-bond acceptors (Lipinski definition) is 3. The molecule has 0 bridgehead atoms.